The first-order valence-corrected chi connectivity index (χ1v) is 10.0. The largest absolute Gasteiger partial charge is 0.0625 e. The van der Waals surface area contributed by atoms with Crippen LogP contribution < -0.4 is 0 Å². The lowest BCUT2D eigenvalue weighted by Gasteiger charge is -2.26. The summed E-state index contributed by atoms with van der Waals surface area (Å²) in [6.45, 7) is 23.8. The van der Waals surface area contributed by atoms with Gasteiger partial charge in [0.05, 0.1) is 0 Å². The maximum absolute atomic E-state index is 2.42. The summed E-state index contributed by atoms with van der Waals surface area (Å²) in [4.78, 5) is 0. The second-order valence-corrected chi connectivity index (χ2v) is 10.1. The molecule has 2 rings (SSSR count). The fourth-order valence-electron chi connectivity index (χ4n) is 5.94. The highest BCUT2D eigenvalue weighted by molar-refractivity contribution is 5.06. The van der Waals surface area contributed by atoms with Gasteiger partial charge in [0.2, 0.25) is 0 Å². The van der Waals surface area contributed by atoms with Gasteiger partial charge in [0, 0.05) is 0 Å². The second kappa shape index (κ2) is 7.71. The van der Waals surface area contributed by atoms with E-state index >= 15 is 0 Å². The summed E-state index contributed by atoms with van der Waals surface area (Å²) >= 11 is 0. The van der Waals surface area contributed by atoms with E-state index in [1.54, 1.807) is 0 Å². The highest BCUT2D eigenvalue weighted by atomic mass is 14.6. The van der Waals surface area contributed by atoms with Crippen molar-refractivity contribution in [2.75, 3.05) is 0 Å². The molecule has 0 aromatic carbocycles. The zero-order chi connectivity index (χ0) is 17.2. The Morgan fingerprint density at radius 3 is 1.09 bits per heavy atom. The zero-order valence-electron chi connectivity index (χ0n) is 17.2. The van der Waals surface area contributed by atoms with E-state index in [1.165, 1.54) is 19.3 Å². The Morgan fingerprint density at radius 2 is 0.909 bits per heavy atom. The SMILES string of the molecule is CC(C)[C@@H]1[C@H](C(C)C)C1(C)C.CC(C)[C@H]1CCC[C@H]1C(C)C. The van der Waals surface area contributed by atoms with Gasteiger partial charge in [0.15, 0.2) is 0 Å². The Labute approximate surface area is 141 Å². The first-order valence-electron chi connectivity index (χ1n) is 10.0. The normalized spacial score (nSPS) is 33.5. The molecule has 0 spiro atoms. The molecule has 2 aliphatic rings. The van der Waals surface area contributed by atoms with Crippen LogP contribution in [0.25, 0.3) is 0 Å². The van der Waals surface area contributed by atoms with Crippen LogP contribution in [-0.4, -0.2) is 0 Å². The number of hydrogen-bond donors (Lipinski definition) is 0. The van der Waals surface area contributed by atoms with E-state index in [9.17, 15) is 0 Å². The minimum Gasteiger partial charge on any atom is -0.0625 e. The van der Waals surface area contributed by atoms with Gasteiger partial charge in [0.25, 0.3) is 0 Å². The van der Waals surface area contributed by atoms with Gasteiger partial charge in [0.1, 0.15) is 0 Å². The summed E-state index contributed by atoms with van der Waals surface area (Å²) in [6.07, 6.45) is 4.45. The van der Waals surface area contributed by atoms with E-state index in [-0.39, 0.29) is 0 Å². The van der Waals surface area contributed by atoms with E-state index in [4.69, 9.17) is 0 Å². The van der Waals surface area contributed by atoms with Crippen LogP contribution in [0.5, 0.6) is 0 Å². The van der Waals surface area contributed by atoms with Gasteiger partial charge in [-0.25, -0.2) is 0 Å². The zero-order valence-corrected chi connectivity index (χ0v) is 17.2. The molecule has 0 nitrogen and oxygen atoms in total. The van der Waals surface area contributed by atoms with Crippen molar-refractivity contribution >= 4 is 0 Å². The Kier molecular flexibility index (Phi) is 7.03. The minimum atomic E-state index is 0.627. The lowest BCUT2D eigenvalue weighted by atomic mass is 9.80. The Hall–Kier alpha value is 0. The number of hydrogen-bond acceptors (Lipinski definition) is 0. The molecule has 0 amide bonds. The highest BCUT2D eigenvalue weighted by Crippen LogP contribution is 2.64. The quantitative estimate of drug-likeness (QED) is 0.511. The molecule has 0 saturated heterocycles. The molecule has 0 bridgehead atoms. The van der Waals surface area contributed by atoms with E-state index in [0.29, 0.717) is 5.41 Å². The van der Waals surface area contributed by atoms with Crippen molar-refractivity contribution < 1.29 is 0 Å². The standard InChI is InChI=1S/2C11H22/c1-7(2)9-10(8(3)4)11(9,5)6;1-8(2)10-6-5-7-11(10)9(3)4/h7-10H,1-6H3;8-11H,5-7H2,1-4H3/t9-,10+;10-,11+. The van der Waals surface area contributed by atoms with E-state index in [1.807, 2.05) is 0 Å². The molecule has 0 unspecified atom stereocenters. The molecule has 2 aliphatic carbocycles. The molecule has 2 saturated carbocycles. The molecule has 0 radical (unpaired) electrons. The lowest BCUT2D eigenvalue weighted by Crippen LogP contribution is -2.18. The fraction of sp³-hybridized carbons (Fsp3) is 1.00. The average Bonchev–Trinajstić information content (AvgIpc) is 2.74. The van der Waals surface area contributed by atoms with Gasteiger partial charge >= 0.3 is 0 Å². The first kappa shape index (κ1) is 20.0. The molecule has 132 valence electrons. The van der Waals surface area contributed by atoms with Crippen molar-refractivity contribution in [2.24, 2.45) is 52.8 Å². The predicted molar refractivity (Wildman–Crippen MR) is 101 cm³/mol. The van der Waals surface area contributed by atoms with Gasteiger partial charge < -0.3 is 0 Å². The van der Waals surface area contributed by atoms with Crippen molar-refractivity contribution in [1.29, 1.82) is 0 Å². The second-order valence-electron chi connectivity index (χ2n) is 10.1. The highest BCUT2D eigenvalue weighted by Gasteiger charge is 2.59. The van der Waals surface area contributed by atoms with Crippen LogP contribution in [0.4, 0.5) is 0 Å². The van der Waals surface area contributed by atoms with Gasteiger partial charge in [-0.05, 0) is 65.6 Å². The molecule has 0 N–H and O–H groups in total. The maximum atomic E-state index is 2.42. The monoisotopic (exact) mass is 308 g/mol. The molecule has 0 aliphatic heterocycles. The molecule has 2 fully saturated rings. The molecular weight excluding hydrogens is 264 g/mol. The summed E-state index contributed by atoms with van der Waals surface area (Å²) in [7, 11) is 0. The molecular formula is C22H44. The third kappa shape index (κ3) is 4.51. The molecule has 4 atom stereocenters. The van der Waals surface area contributed by atoms with E-state index in [0.717, 1.165) is 47.3 Å². The van der Waals surface area contributed by atoms with Crippen LogP contribution in [0.15, 0.2) is 0 Å². The average molecular weight is 309 g/mol. The maximum Gasteiger partial charge on any atom is -0.0287 e. The summed E-state index contributed by atoms with van der Waals surface area (Å²) in [5.74, 6) is 7.56. The van der Waals surface area contributed by atoms with Crippen molar-refractivity contribution in [3.63, 3.8) is 0 Å². The van der Waals surface area contributed by atoms with Gasteiger partial charge in [-0.15, -0.1) is 0 Å². The van der Waals surface area contributed by atoms with E-state index < -0.39 is 0 Å². The Balaban J connectivity index is 0.000000220. The number of rotatable bonds is 4. The molecule has 0 heterocycles. The van der Waals surface area contributed by atoms with Crippen molar-refractivity contribution in [2.45, 2.75) is 88.5 Å². The van der Waals surface area contributed by atoms with Crippen molar-refractivity contribution in [1.82, 2.24) is 0 Å². The Bertz CT molecular complexity index is 275. The van der Waals surface area contributed by atoms with Crippen molar-refractivity contribution in [3.05, 3.63) is 0 Å². The van der Waals surface area contributed by atoms with Gasteiger partial charge in [-0.1, -0.05) is 75.7 Å². The van der Waals surface area contributed by atoms with Crippen LogP contribution in [0.2, 0.25) is 0 Å². The fourth-order valence-corrected chi connectivity index (χ4v) is 5.94. The van der Waals surface area contributed by atoms with Crippen LogP contribution in [-0.2, 0) is 0 Å². The minimum absolute atomic E-state index is 0.627. The topological polar surface area (TPSA) is 0 Å². The lowest BCUT2D eigenvalue weighted by molar-refractivity contribution is 0.235. The van der Waals surface area contributed by atoms with Crippen LogP contribution in [0.1, 0.15) is 88.5 Å². The van der Waals surface area contributed by atoms with Crippen LogP contribution >= 0.6 is 0 Å². The first-order chi connectivity index (χ1) is 10.0. The van der Waals surface area contributed by atoms with Gasteiger partial charge in [-0.2, -0.15) is 0 Å². The summed E-state index contributed by atoms with van der Waals surface area (Å²) in [5.41, 5.74) is 0.627. The molecule has 0 aromatic rings. The summed E-state index contributed by atoms with van der Waals surface area (Å²) < 4.78 is 0. The summed E-state index contributed by atoms with van der Waals surface area (Å²) in [6, 6.07) is 0. The molecule has 0 aromatic heterocycles. The molecule has 0 heteroatoms. The van der Waals surface area contributed by atoms with Crippen molar-refractivity contribution in [3.8, 4) is 0 Å². The van der Waals surface area contributed by atoms with Crippen LogP contribution in [0, 0.1) is 52.8 Å². The Morgan fingerprint density at radius 1 is 0.591 bits per heavy atom. The van der Waals surface area contributed by atoms with E-state index in [2.05, 4.69) is 69.2 Å². The third-order valence-electron chi connectivity index (χ3n) is 6.77. The van der Waals surface area contributed by atoms with Crippen LogP contribution in [0.3, 0.4) is 0 Å². The molecule has 22 heavy (non-hydrogen) atoms. The summed E-state index contributed by atoms with van der Waals surface area (Å²) in [5, 5.41) is 0. The predicted octanol–water partition coefficient (Wildman–Crippen LogP) is 7.29. The smallest absolute Gasteiger partial charge is 0.0287 e. The third-order valence-corrected chi connectivity index (χ3v) is 6.77. The van der Waals surface area contributed by atoms with Gasteiger partial charge in [-0.3, -0.25) is 0 Å².